The van der Waals surface area contributed by atoms with Crippen LogP contribution in [0.2, 0.25) is 0 Å². The largest absolute Gasteiger partial charge is 0.462 e. The molecule has 0 aromatic heterocycles. The predicted molar refractivity (Wildman–Crippen MR) is 343 cm³/mol. The Bertz CT molecular complexity index is 1960. The van der Waals surface area contributed by atoms with Gasteiger partial charge in [-0.05, 0) is 148 Å². The molecule has 0 aliphatic carbocycles. The Morgan fingerprint density at radius 1 is 0.266 bits per heavy atom. The van der Waals surface area contributed by atoms with Crippen molar-refractivity contribution in [3.05, 3.63) is 207 Å². The summed E-state index contributed by atoms with van der Waals surface area (Å²) in [5.41, 5.74) is 0. The fourth-order valence-corrected chi connectivity index (χ4v) is 7.35. The summed E-state index contributed by atoms with van der Waals surface area (Å²) in [5, 5.41) is 0. The normalized spacial score (nSPS) is 13.6. The lowest BCUT2D eigenvalue weighted by Crippen LogP contribution is -2.30. The second-order valence-corrected chi connectivity index (χ2v) is 19.1. The maximum absolute atomic E-state index is 12.8. The Kier molecular flexibility index (Phi) is 59.6. The van der Waals surface area contributed by atoms with Gasteiger partial charge in [-0.25, -0.2) is 0 Å². The second-order valence-electron chi connectivity index (χ2n) is 19.1. The third kappa shape index (κ3) is 62.7. The molecular formula is C73H108O6. The summed E-state index contributed by atoms with van der Waals surface area (Å²) in [6, 6.07) is 0. The molecule has 0 bridgehead atoms. The molecular weight excluding hydrogens is 973 g/mol. The quantitative estimate of drug-likeness (QED) is 0.0261. The second kappa shape index (κ2) is 64.5. The number of hydrogen-bond acceptors (Lipinski definition) is 6. The zero-order chi connectivity index (χ0) is 57.1. The Labute approximate surface area is 483 Å². The van der Waals surface area contributed by atoms with Crippen LogP contribution < -0.4 is 0 Å². The van der Waals surface area contributed by atoms with Gasteiger partial charge < -0.3 is 14.2 Å². The maximum Gasteiger partial charge on any atom is 0.310 e. The number of ether oxygens (including phenoxy) is 3. The first-order valence-corrected chi connectivity index (χ1v) is 30.6. The van der Waals surface area contributed by atoms with Gasteiger partial charge in [-0.2, -0.15) is 0 Å². The molecule has 0 rings (SSSR count). The molecule has 1 unspecified atom stereocenters. The lowest BCUT2D eigenvalue weighted by molar-refractivity contribution is -0.166. The van der Waals surface area contributed by atoms with Gasteiger partial charge >= 0.3 is 17.9 Å². The van der Waals surface area contributed by atoms with E-state index in [9.17, 15) is 14.4 Å². The van der Waals surface area contributed by atoms with Crippen molar-refractivity contribution in [1.82, 2.24) is 0 Å². The van der Waals surface area contributed by atoms with E-state index in [1.165, 1.54) is 12.8 Å². The molecule has 0 aromatic carbocycles. The number of unbranched alkanes of at least 4 members (excludes halogenated alkanes) is 8. The van der Waals surface area contributed by atoms with Crippen LogP contribution in [0.25, 0.3) is 0 Å². The summed E-state index contributed by atoms with van der Waals surface area (Å²) in [7, 11) is 0. The van der Waals surface area contributed by atoms with Crippen molar-refractivity contribution in [2.24, 2.45) is 0 Å². The summed E-state index contributed by atoms with van der Waals surface area (Å²) in [4.78, 5) is 38.1. The van der Waals surface area contributed by atoms with Gasteiger partial charge in [0.05, 0.1) is 6.42 Å². The molecule has 0 fully saturated rings. The average Bonchev–Trinajstić information content (AvgIpc) is 3.45. The van der Waals surface area contributed by atoms with Gasteiger partial charge in [0.1, 0.15) is 13.2 Å². The maximum atomic E-state index is 12.8. The van der Waals surface area contributed by atoms with E-state index in [2.05, 4.69) is 215 Å². The van der Waals surface area contributed by atoms with Crippen LogP contribution >= 0.6 is 0 Å². The van der Waals surface area contributed by atoms with Crippen molar-refractivity contribution in [3.63, 3.8) is 0 Å². The average molecular weight is 1080 g/mol. The van der Waals surface area contributed by atoms with E-state index in [1.54, 1.807) is 6.08 Å². The Balaban J connectivity index is 4.49. The molecule has 0 N–H and O–H groups in total. The highest BCUT2D eigenvalue weighted by molar-refractivity contribution is 5.72. The summed E-state index contributed by atoms with van der Waals surface area (Å²) in [6.07, 6.45) is 100. The molecule has 0 aliphatic rings. The lowest BCUT2D eigenvalue weighted by atomic mass is 10.1. The van der Waals surface area contributed by atoms with E-state index in [4.69, 9.17) is 14.2 Å². The Hall–Kier alpha value is -6.01. The zero-order valence-electron chi connectivity index (χ0n) is 49.8. The molecule has 6 heteroatoms. The molecule has 436 valence electrons. The summed E-state index contributed by atoms with van der Waals surface area (Å²) in [6.45, 7) is 6.13. The summed E-state index contributed by atoms with van der Waals surface area (Å²) in [5.74, 6) is -1.15. The van der Waals surface area contributed by atoms with Crippen LogP contribution in [-0.2, 0) is 28.6 Å². The molecule has 6 nitrogen and oxygen atoms in total. The number of esters is 3. The number of hydrogen-bond donors (Lipinski definition) is 0. The fourth-order valence-electron chi connectivity index (χ4n) is 7.35. The molecule has 1 atom stereocenters. The van der Waals surface area contributed by atoms with Crippen molar-refractivity contribution in [2.45, 2.75) is 219 Å². The lowest BCUT2D eigenvalue weighted by Gasteiger charge is -2.18. The van der Waals surface area contributed by atoms with Gasteiger partial charge in [-0.1, -0.05) is 253 Å². The minimum Gasteiger partial charge on any atom is -0.462 e. The van der Waals surface area contributed by atoms with Crippen LogP contribution in [0.15, 0.2) is 207 Å². The summed E-state index contributed by atoms with van der Waals surface area (Å²) >= 11 is 0. The van der Waals surface area contributed by atoms with E-state index in [0.717, 1.165) is 148 Å². The molecule has 0 heterocycles. The molecule has 0 saturated carbocycles. The Morgan fingerprint density at radius 3 is 0.797 bits per heavy atom. The van der Waals surface area contributed by atoms with Crippen molar-refractivity contribution < 1.29 is 28.6 Å². The highest BCUT2D eigenvalue weighted by Crippen LogP contribution is 2.12. The third-order valence-corrected chi connectivity index (χ3v) is 11.8. The topological polar surface area (TPSA) is 78.9 Å². The van der Waals surface area contributed by atoms with Crippen LogP contribution in [-0.4, -0.2) is 37.2 Å². The predicted octanol–water partition coefficient (Wildman–Crippen LogP) is 21.2. The highest BCUT2D eigenvalue weighted by Gasteiger charge is 2.19. The van der Waals surface area contributed by atoms with E-state index in [0.29, 0.717) is 19.3 Å². The third-order valence-electron chi connectivity index (χ3n) is 11.8. The van der Waals surface area contributed by atoms with Crippen molar-refractivity contribution in [3.8, 4) is 0 Å². The van der Waals surface area contributed by atoms with Crippen molar-refractivity contribution >= 4 is 17.9 Å². The molecule has 0 saturated heterocycles. The number of carbonyl (C=O) groups is 3. The van der Waals surface area contributed by atoms with E-state index in [1.807, 2.05) is 6.08 Å². The van der Waals surface area contributed by atoms with E-state index in [-0.39, 0.29) is 38.0 Å². The van der Waals surface area contributed by atoms with Gasteiger partial charge in [0, 0.05) is 12.8 Å². The van der Waals surface area contributed by atoms with E-state index < -0.39 is 12.1 Å². The van der Waals surface area contributed by atoms with Gasteiger partial charge in [0.25, 0.3) is 0 Å². The van der Waals surface area contributed by atoms with Crippen LogP contribution in [0.3, 0.4) is 0 Å². The van der Waals surface area contributed by atoms with Crippen molar-refractivity contribution in [2.75, 3.05) is 13.2 Å². The monoisotopic (exact) mass is 1080 g/mol. The van der Waals surface area contributed by atoms with E-state index >= 15 is 0 Å². The molecule has 0 amide bonds. The smallest absolute Gasteiger partial charge is 0.310 e. The number of allylic oxidation sites excluding steroid dienone is 33. The van der Waals surface area contributed by atoms with Gasteiger partial charge in [0.2, 0.25) is 0 Å². The zero-order valence-corrected chi connectivity index (χ0v) is 49.8. The first-order chi connectivity index (χ1) is 39.0. The first-order valence-electron chi connectivity index (χ1n) is 30.6. The molecule has 0 aliphatic heterocycles. The minimum atomic E-state index is -0.870. The minimum absolute atomic E-state index is 0.0726. The molecule has 0 aromatic rings. The summed E-state index contributed by atoms with van der Waals surface area (Å²) < 4.78 is 16.7. The SMILES string of the molecule is CC/C=C\C/C=C\C/C=C\C/C=C\C/C=C\C/C=C\C/C=C\C/C=C\CCCCCCCCC(=O)OCC(COC(=O)CCCC/C=C\C/C=C\C/C=C\C/C=C\CC)OC(=O)C/C=C\C/C=C\C/C=C\C/C=C\C/C=C\CC. The highest BCUT2D eigenvalue weighted by atomic mass is 16.6. The van der Waals surface area contributed by atoms with Gasteiger partial charge in [-0.3, -0.25) is 14.4 Å². The van der Waals surface area contributed by atoms with Crippen LogP contribution in [0.4, 0.5) is 0 Å². The first kappa shape index (κ1) is 73.0. The van der Waals surface area contributed by atoms with Crippen molar-refractivity contribution in [1.29, 1.82) is 0 Å². The van der Waals surface area contributed by atoms with Crippen LogP contribution in [0.1, 0.15) is 213 Å². The molecule has 0 radical (unpaired) electrons. The number of carbonyl (C=O) groups excluding carboxylic acids is 3. The molecule has 79 heavy (non-hydrogen) atoms. The van der Waals surface area contributed by atoms with Crippen LogP contribution in [0.5, 0.6) is 0 Å². The van der Waals surface area contributed by atoms with Crippen LogP contribution in [0, 0.1) is 0 Å². The fraction of sp³-hybridized carbons (Fsp3) is 0.493. The standard InChI is InChI=1S/C73H108O6/c1-4-7-10-13-16-19-22-25-28-29-30-31-32-33-34-35-36-37-38-39-40-41-42-43-46-48-51-54-57-60-63-66-72(75)78-69-70(79-73(76)67-64-61-58-55-52-49-45-27-24-21-18-15-12-9-6-3)68-77-71(74)65-62-59-56-53-50-47-44-26-23-20-17-14-11-8-5-2/h7-12,16-21,25-28,30-31,33-34,36-37,39-40,42-45,50,52-53,55,61,64,70H,4-6,13-15,22-24,29,32,35,38,41,46-49,51,54,56-60,62-63,65-69H2,1-3H3/b10-7-,11-8-,12-9-,19-16-,20-17-,21-18-,28-25-,31-30-,34-33-,37-36-,40-39-,43-42-,44-26-,45-27-,53-50-,55-52-,64-61-. The number of rotatable bonds is 52. The van der Waals surface area contributed by atoms with Gasteiger partial charge in [0.15, 0.2) is 6.10 Å². The van der Waals surface area contributed by atoms with Gasteiger partial charge in [-0.15, -0.1) is 0 Å². The molecule has 0 spiro atoms. The Morgan fingerprint density at radius 2 is 0.494 bits per heavy atom.